The normalized spacial score (nSPS) is 26.9. The number of aliphatic hydroxyl groups excluding tert-OH is 3. The lowest BCUT2D eigenvalue weighted by Crippen LogP contribution is -2.20. The first-order valence-electron chi connectivity index (χ1n) is 9.42. The third-order valence-corrected chi connectivity index (χ3v) is 4.48. The number of aliphatic hydroxyl groups is 3. The van der Waals surface area contributed by atoms with Gasteiger partial charge in [0.25, 0.3) is 0 Å². The predicted octanol–water partition coefficient (Wildman–Crippen LogP) is 3.29. The molecule has 0 bridgehead atoms. The summed E-state index contributed by atoms with van der Waals surface area (Å²) < 4.78 is 0. The predicted molar refractivity (Wildman–Crippen MR) is 100 cm³/mol. The molecule has 0 saturated heterocycles. The average Bonchev–Trinajstić information content (AvgIpc) is 2.80. The Morgan fingerprint density at radius 2 is 1.88 bits per heavy atom. The van der Waals surface area contributed by atoms with Crippen molar-refractivity contribution in [2.45, 2.75) is 83.5 Å². The van der Waals surface area contributed by atoms with Crippen LogP contribution < -0.4 is 0 Å². The summed E-state index contributed by atoms with van der Waals surface area (Å²) in [5.41, 5.74) is 0. The van der Waals surface area contributed by atoms with Gasteiger partial charge in [-0.2, -0.15) is 0 Å². The SMILES string of the molecule is C=CC[C@H]1[C@@H](/C=C/[C@@H](O)CCCCC)[C@H](O)C[C@H]1O.CCCC(=O)O. The molecule has 0 unspecified atom stereocenters. The summed E-state index contributed by atoms with van der Waals surface area (Å²) in [5.74, 6) is -0.766. The van der Waals surface area contributed by atoms with Crippen molar-refractivity contribution in [2.75, 3.05) is 0 Å². The van der Waals surface area contributed by atoms with Gasteiger partial charge in [0.1, 0.15) is 0 Å². The molecule has 4 N–H and O–H groups in total. The van der Waals surface area contributed by atoms with Gasteiger partial charge in [0, 0.05) is 18.8 Å². The van der Waals surface area contributed by atoms with Crippen molar-refractivity contribution in [3.8, 4) is 0 Å². The Morgan fingerprint density at radius 3 is 2.36 bits per heavy atom. The Balaban J connectivity index is 0.000000823. The molecule has 0 radical (unpaired) electrons. The van der Waals surface area contributed by atoms with E-state index in [1.807, 2.05) is 13.0 Å². The summed E-state index contributed by atoms with van der Waals surface area (Å²) in [6.07, 6.45) is 10.2. The number of carbonyl (C=O) groups is 1. The Labute approximate surface area is 152 Å². The van der Waals surface area contributed by atoms with Gasteiger partial charge in [-0.1, -0.05) is 51.3 Å². The van der Waals surface area contributed by atoms with Gasteiger partial charge in [-0.3, -0.25) is 4.79 Å². The number of allylic oxidation sites excluding steroid dienone is 1. The van der Waals surface area contributed by atoms with E-state index >= 15 is 0 Å². The van der Waals surface area contributed by atoms with Gasteiger partial charge in [-0.15, -0.1) is 6.58 Å². The number of carboxylic acid groups (broad SMARTS) is 1. The van der Waals surface area contributed by atoms with E-state index in [2.05, 4.69) is 13.5 Å². The second-order valence-corrected chi connectivity index (χ2v) is 6.73. The van der Waals surface area contributed by atoms with Crippen molar-refractivity contribution in [3.63, 3.8) is 0 Å². The van der Waals surface area contributed by atoms with Crippen LogP contribution in [0.3, 0.4) is 0 Å². The number of carboxylic acids is 1. The van der Waals surface area contributed by atoms with Gasteiger partial charge in [0.2, 0.25) is 0 Å². The third kappa shape index (κ3) is 10.4. The van der Waals surface area contributed by atoms with E-state index in [-0.39, 0.29) is 11.8 Å². The highest BCUT2D eigenvalue weighted by molar-refractivity contribution is 5.66. The average molecular weight is 357 g/mol. The van der Waals surface area contributed by atoms with Crippen LogP contribution in [0.4, 0.5) is 0 Å². The molecule has 5 heteroatoms. The summed E-state index contributed by atoms with van der Waals surface area (Å²) in [6, 6.07) is 0. The molecule has 0 aromatic carbocycles. The largest absolute Gasteiger partial charge is 0.481 e. The molecule has 0 aromatic rings. The van der Waals surface area contributed by atoms with Crippen molar-refractivity contribution in [1.82, 2.24) is 0 Å². The van der Waals surface area contributed by atoms with Crippen LogP contribution in [0, 0.1) is 11.8 Å². The first-order valence-corrected chi connectivity index (χ1v) is 9.42. The van der Waals surface area contributed by atoms with Crippen molar-refractivity contribution in [3.05, 3.63) is 24.8 Å². The summed E-state index contributed by atoms with van der Waals surface area (Å²) in [7, 11) is 0. The highest BCUT2D eigenvalue weighted by Crippen LogP contribution is 2.36. The third-order valence-electron chi connectivity index (χ3n) is 4.48. The Hall–Kier alpha value is -1.17. The van der Waals surface area contributed by atoms with Crippen molar-refractivity contribution in [1.29, 1.82) is 0 Å². The van der Waals surface area contributed by atoms with Crippen LogP contribution in [0.1, 0.15) is 65.2 Å². The molecular formula is C20H36O5. The molecule has 1 aliphatic rings. The topological polar surface area (TPSA) is 98.0 Å². The molecule has 146 valence electrons. The summed E-state index contributed by atoms with van der Waals surface area (Å²) >= 11 is 0. The van der Waals surface area contributed by atoms with E-state index in [1.54, 1.807) is 12.2 Å². The standard InChI is InChI=1S/C16H28O3.C4H8O2/c1-3-5-6-8-12(17)9-10-14-13(7-4-2)15(18)11-16(14)19;1-2-3-4(5)6/h4,9-10,12-19H,2-3,5-8,11H2,1H3;2-3H2,1H3,(H,5,6)/b10-9+;/t12-,13-,14+,15+,16+;/m0./s1. The maximum atomic E-state index is 9.96. The first-order chi connectivity index (χ1) is 11.9. The Morgan fingerprint density at radius 1 is 1.20 bits per heavy atom. The second-order valence-electron chi connectivity index (χ2n) is 6.73. The molecule has 0 amide bonds. The van der Waals surface area contributed by atoms with E-state index in [1.165, 1.54) is 0 Å². The van der Waals surface area contributed by atoms with Gasteiger partial charge in [0.15, 0.2) is 0 Å². The molecule has 0 spiro atoms. The van der Waals surface area contributed by atoms with Crippen LogP contribution in [-0.2, 0) is 4.79 Å². The minimum Gasteiger partial charge on any atom is -0.481 e. The van der Waals surface area contributed by atoms with Crippen molar-refractivity contribution >= 4 is 5.97 Å². The maximum Gasteiger partial charge on any atom is 0.303 e. The lowest BCUT2D eigenvalue weighted by molar-refractivity contribution is -0.137. The highest BCUT2D eigenvalue weighted by Gasteiger charge is 2.39. The fraction of sp³-hybridized carbons (Fsp3) is 0.750. The fourth-order valence-corrected chi connectivity index (χ4v) is 3.07. The molecule has 5 atom stereocenters. The van der Waals surface area contributed by atoms with Crippen LogP contribution >= 0.6 is 0 Å². The lowest BCUT2D eigenvalue weighted by atomic mass is 9.90. The van der Waals surface area contributed by atoms with Gasteiger partial charge in [0.05, 0.1) is 18.3 Å². The van der Waals surface area contributed by atoms with Crippen LogP contribution in [0.5, 0.6) is 0 Å². The van der Waals surface area contributed by atoms with Crippen LogP contribution in [-0.4, -0.2) is 44.7 Å². The van der Waals surface area contributed by atoms with E-state index in [4.69, 9.17) is 5.11 Å². The maximum absolute atomic E-state index is 9.96. The number of hydrogen-bond donors (Lipinski definition) is 4. The molecule has 0 aliphatic heterocycles. The molecule has 1 aliphatic carbocycles. The summed E-state index contributed by atoms with van der Waals surface area (Å²) in [4.78, 5) is 9.60. The Bertz CT molecular complexity index is 394. The number of unbranched alkanes of at least 4 members (excludes halogenated alkanes) is 2. The smallest absolute Gasteiger partial charge is 0.303 e. The van der Waals surface area contributed by atoms with E-state index in [9.17, 15) is 20.1 Å². The van der Waals surface area contributed by atoms with Crippen LogP contribution in [0.15, 0.2) is 24.8 Å². The molecule has 0 aromatic heterocycles. The summed E-state index contributed by atoms with van der Waals surface area (Å²) in [6.45, 7) is 7.68. The molecule has 0 heterocycles. The quantitative estimate of drug-likeness (QED) is 0.356. The molecule has 1 saturated carbocycles. The zero-order valence-electron chi connectivity index (χ0n) is 15.7. The second kappa shape index (κ2) is 14.0. The Kier molecular flexibility index (Phi) is 13.4. The van der Waals surface area contributed by atoms with Crippen molar-refractivity contribution in [2.24, 2.45) is 11.8 Å². The van der Waals surface area contributed by atoms with E-state index in [0.29, 0.717) is 19.3 Å². The van der Waals surface area contributed by atoms with Gasteiger partial charge in [-0.05, 0) is 25.2 Å². The van der Waals surface area contributed by atoms with Gasteiger partial charge in [-0.25, -0.2) is 0 Å². The minimum atomic E-state index is -0.711. The fourth-order valence-electron chi connectivity index (χ4n) is 3.07. The number of hydrogen-bond acceptors (Lipinski definition) is 4. The summed E-state index contributed by atoms with van der Waals surface area (Å²) in [5, 5.41) is 37.6. The number of rotatable bonds is 10. The molecule has 5 nitrogen and oxygen atoms in total. The zero-order valence-corrected chi connectivity index (χ0v) is 15.7. The minimum absolute atomic E-state index is 0.0200. The van der Waals surface area contributed by atoms with Gasteiger partial charge >= 0.3 is 5.97 Å². The monoisotopic (exact) mass is 356 g/mol. The molecule has 25 heavy (non-hydrogen) atoms. The molecular weight excluding hydrogens is 320 g/mol. The lowest BCUT2D eigenvalue weighted by Gasteiger charge is -2.19. The zero-order chi connectivity index (χ0) is 19.2. The van der Waals surface area contributed by atoms with Gasteiger partial charge < -0.3 is 20.4 Å². The highest BCUT2D eigenvalue weighted by atomic mass is 16.4. The van der Waals surface area contributed by atoms with Crippen molar-refractivity contribution < 1.29 is 25.2 Å². The first kappa shape index (κ1) is 23.8. The van der Waals surface area contributed by atoms with E-state index in [0.717, 1.165) is 32.1 Å². The van der Waals surface area contributed by atoms with E-state index < -0.39 is 24.3 Å². The van der Waals surface area contributed by atoms with Crippen LogP contribution in [0.25, 0.3) is 0 Å². The molecule has 1 fully saturated rings. The van der Waals surface area contributed by atoms with Crippen LogP contribution in [0.2, 0.25) is 0 Å². The molecule has 1 rings (SSSR count). The number of aliphatic carboxylic acids is 1.